The fourth-order valence-corrected chi connectivity index (χ4v) is 1.43. The number of aliphatic hydroxyl groups excluding tert-OH is 2. The van der Waals surface area contributed by atoms with E-state index in [2.05, 4.69) is 4.74 Å². The van der Waals surface area contributed by atoms with E-state index in [-0.39, 0.29) is 6.42 Å². The van der Waals surface area contributed by atoms with E-state index < -0.39 is 24.1 Å². The molecular weight excluding hydrogens is 238 g/mol. The van der Waals surface area contributed by atoms with Gasteiger partial charge in [0.15, 0.2) is 0 Å². The molecule has 0 radical (unpaired) electrons. The molecule has 0 heterocycles. The number of nitrogens with two attached hydrogens (primary N) is 1. The minimum absolute atomic E-state index is 0.299. The lowest BCUT2D eigenvalue weighted by Crippen LogP contribution is -2.22. The molecule has 6 heteroatoms. The number of hydrogen-bond acceptors (Lipinski definition) is 5. The van der Waals surface area contributed by atoms with Crippen LogP contribution in [0.15, 0.2) is 24.3 Å². The maximum atomic E-state index is 10.9. The fraction of sp³-hybridized carbons (Fsp3) is 0.333. The number of carbonyl (C=O) groups excluding carboxylic acids is 2. The van der Waals surface area contributed by atoms with Crippen molar-refractivity contribution in [2.75, 3.05) is 7.11 Å². The van der Waals surface area contributed by atoms with Crippen LogP contribution < -0.4 is 5.73 Å². The molecule has 0 spiro atoms. The molecule has 1 aromatic rings. The average Bonchev–Trinajstić information content (AvgIpc) is 2.37. The maximum absolute atomic E-state index is 10.9. The topological polar surface area (TPSA) is 110 Å². The summed E-state index contributed by atoms with van der Waals surface area (Å²) in [5.74, 6) is -1.19. The lowest BCUT2D eigenvalue weighted by molar-refractivity contribution is -0.144. The van der Waals surface area contributed by atoms with E-state index in [1.807, 2.05) is 0 Å². The average molecular weight is 253 g/mol. The second-order valence-electron chi connectivity index (χ2n) is 3.78. The molecule has 2 unspecified atom stereocenters. The molecule has 1 amide bonds. The Labute approximate surface area is 104 Å². The van der Waals surface area contributed by atoms with Gasteiger partial charge in [-0.2, -0.15) is 0 Å². The smallest absolute Gasteiger partial charge is 0.308 e. The third-order valence-corrected chi connectivity index (χ3v) is 2.50. The van der Waals surface area contributed by atoms with E-state index in [9.17, 15) is 19.8 Å². The number of methoxy groups -OCH3 is 1. The van der Waals surface area contributed by atoms with Gasteiger partial charge in [0.25, 0.3) is 0 Å². The number of primary amides is 1. The van der Waals surface area contributed by atoms with Crippen molar-refractivity contribution in [2.45, 2.75) is 18.6 Å². The molecule has 0 saturated carbocycles. The molecule has 0 fully saturated rings. The van der Waals surface area contributed by atoms with Crippen molar-refractivity contribution in [2.24, 2.45) is 5.73 Å². The van der Waals surface area contributed by atoms with E-state index in [1.165, 1.54) is 31.4 Å². The summed E-state index contributed by atoms with van der Waals surface area (Å²) in [6.07, 6.45) is -2.81. The molecule has 18 heavy (non-hydrogen) atoms. The molecule has 0 bridgehead atoms. The van der Waals surface area contributed by atoms with Crippen LogP contribution in [0.5, 0.6) is 0 Å². The number of carbonyl (C=O) groups is 2. The van der Waals surface area contributed by atoms with Crippen LogP contribution in [0.1, 0.15) is 28.4 Å². The number of hydrogen-bond donors (Lipinski definition) is 3. The van der Waals surface area contributed by atoms with E-state index in [0.717, 1.165) is 0 Å². The first-order valence-electron chi connectivity index (χ1n) is 5.28. The van der Waals surface area contributed by atoms with Gasteiger partial charge in [0.2, 0.25) is 5.91 Å². The number of esters is 1. The Hall–Kier alpha value is -1.92. The number of ether oxygens (including phenoxy) is 1. The van der Waals surface area contributed by atoms with Crippen LogP contribution in [-0.4, -0.2) is 35.3 Å². The molecule has 0 saturated heterocycles. The van der Waals surface area contributed by atoms with Crippen molar-refractivity contribution in [1.29, 1.82) is 0 Å². The zero-order chi connectivity index (χ0) is 13.7. The minimum atomic E-state index is -1.27. The van der Waals surface area contributed by atoms with Crippen LogP contribution in [-0.2, 0) is 9.53 Å². The third kappa shape index (κ3) is 3.54. The Morgan fingerprint density at radius 2 is 1.83 bits per heavy atom. The lowest BCUT2D eigenvalue weighted by atomic mass is 10.0. The predicted octanol–water partition coefficient (Wildman–Crippen LogP) is -0.257. The van der Waals surface area contributed by atoms with Crippen molar-refractivity contribution in [3.63, 3.8) is 0 Å². The third-order valence-electron chi connectivity index (χ3n) is 2.50. The number of rotatable bonds is 5. The van der Waals surface area contributed by atoms with Gasteiger partial charge in [0, 0.05) is 5.56 Å². The molecule has 6 nitrogen and oxygen atoms in total. The van der Waals surface area contributed by atoms with Crippen LogP contribution in [0.25, 0.3) is 0 Å². The Kier molecular flexibility index (Phi) is 4.82. The van der Waals surface area contributed by atoms with Gasteiger partial charge in [-0.25, -0.2) is 0 Å². The molecule has 1 aromatic carbocycles. The predicted molar refractivity (Wildman–Crippen MR) is 62.6 cm³/mol. The van der Waals surface area contributed by atoms with Gasteiger partial charge < -0.3 is 20.7 Å². The monoisotopic (exact) mass is 253 g/mol. The van der Waals surface area contributed by atoms with Crippen molar-refractivity contribution in [1.82, 2.24) is 0 Å². The summed E-state index contributed by atoms with van der Waals surface area (Å²) in [5.41, 5.74) is 5.76. The Bertz CT molecular complexity index is 429. The van der Waals surface area contributed by atoms with Gasteiger partial charge in [-0.05, 0) is 17.7 Å². The van der Waals surface area contributed by atoms with Crippen LogP contribution in [0.3, 0.4) is 0 Å². The quantitative estimate of drug-likeness (QED) is 0.626. The van der Waals surface area contributed by atoms with Crippen LogP contribution in [0, 0.1) is 0 Å². The second kappa shape index (κ2) is 6.13. The van der Waals surface area contributed by atoms with E-state index in [1.54, 1.807) is 0 Å². The molecule has 0 aliphatic heterocycles. The van der Waals surface area contributed by atoms with Crippen LogP contribution in [0.4, 0.5) is 0 Å². The van der Waals surface area contributed by atoms with Crippen molar-refractivity contribution < 1.29 is 24.5 Å². The Morgan fingerprint density at radius 3 is 2.28 bits per heavy atom. The Balaban J connectivity index is 2.74. The highest BCUT2D eigenvalue weighted by molar-refractivity contribution is 5.92. The first-order chi connectivity index (χ1) is 8.45. The molecule has 2 atom stereocenters. The second-order valence-corrected chi connectivity index (χ2v) is 3.78. The SMILES string of the molecule is COC(=O)CC(O)C(O)c1ccc(C(N)=O)cc1. The van der Waals surface area contributed by atoms with Gasteiger partial charge in [0.1, 0.15) is 6.10 Å². The lowest BCUT2D eigenvalue weighted by Gasteiger charge is -2.17. The first kappa shape index (κ1) is 14.1. The van der Waals surface area contributed by atoms with Gasteiger partial charge in [-0.3, -0.25) is 9.59 Å². The highest BCUT2D eigenvalue weighted by Crippen LogP contribution is 2.19. The summed E-state index contributed by atoms with van der Waals surface area (Å²) >= 11 is 0. The standard InChI is InChI=1S/C12H15NO5/c1-18-10(15)6-9(14)11(16)7-2-4-8(5-3-7)12(13)17/h2-5,9,11,14,16H,6H2,1H3,(H2,13,17). The number of benzene rings is 1. The van der Waals surface area contributed by atoms with E-state index >= 15 is 0 Å². The molecule has 0 aromatic heterocycles. The van der Waals surface area contributed by atoms with Crippen LogP contribution in [0.2, 0.25) is 0 Å². The van der Waals surface area contributed by atoms with Gasteiger partial charge in [0.05, 0.1) is 19.6 Å². The molecular formula is C12H15NO5. The molecule has 0 aliphatic rings. The van der Waals surface area contributed by atoms with Gasteiger partial charge in [-0.15, -0.1) is 0 Å². The highest BCUT2D eigenvalue weighted by atomic mass is 16.5. The summed E-state index contributed by atoms with van der Waals surface area (Å²) in [6, 6.07) is 5.80. The van der Waals surface area contributed by atoms with Crippen molar-refractivity contribution in [3.8, 4) is 0 Å². The molecule has 0 aliphatic carbocycles. The summed E-state index contributed by atoms with van der Waals surface area (Å²) in [5, 5.41) is 19.4. The molecule has 1 rings (SSSR count). The zero-order valence-corrected chi connectivity index (χ0v) is 9.87. The van der Waals surface area contributed by atoms with Gasteiger partial charge in [-0.1, -0.05) is 12.1 Å². The maximum Gasteiger partial charge on any atom is 0.308 e. The van der Waals surface area contributed by atoms with Crippen molar-refractivity contribution in [3.05, 3.63) is 35.4 Å². The molecule has 4 N–H and O–H groups in total. The van der Waals surface area contributed by atoms with E-state index in [0.29, 0.717) is 11.1 Å². The van der Waals surface area contributed by atoms with Crippen LogP contribution >= 0.6 is 0 Å². The largest absolute Gasteiger partial charge is 0.469 e. The summed E-state index contributed by atoms with van der Waals surface area (Å²) < 4.78 is 4.39. The number of amides is 1. The van der Waals surface area contributed by atoms with Gasteiger partial charge >= 0.3 is 5.97 Å². The normalized spacial score (nSPS) is 13.7. The minimum Gasteiger partial charge on any atom is -0.469 e. The Morgan fingerprint density at radius 1 is 1.28 bits per heavy atom. The highest BCUT2D eigenvalue weighted by Gasteiger charge is 2.21. The summed E-state index contributed by atoms with van der Waals surface area (Å²) in [7, 11) is 1.20. The summed E-state index contributed by atoms with van der Waals surface area (Å²) in [4.78, 5) is 21.8. The van der Waals surface area contributed by atoms with Crippen molar-refractivity contribution >= 4 is 11.9 Å². The number of aliphatic hydroxyl groups is 2. The fourth-order valence-electron chi connectivity index (χ4n) is 1.43. The first-order valence-corrected chi connectivity index (χ1v) is 5.28. The molecule has 98 valence electrons. The summed E-state index contributed by atoms with van der Waals surface area (Å²) in [6.45, 7) is 0. The van der Waals surface area contributed by atoms with E-state index in [4.69, 9.17) is 5.73 Å². The zero-order valence-electron chi connectivity index (χ0n) is 9.87.